The lowest BCUT2D eigenvalue weighted by Gasteiger charge is -2.10. The van der Waals surface area contributed by atoms with Crippen molar-refractivity contribution in [3.63, 3.8) is 0 Å². The van der Waals surface area contributed by atoms with Gasteiger partial charge in [0.05, 0.1) is 13.1 Å². The molecule has 0 bridgehead atoms. The Hall–Kier alpha value is -2.14. The predicted octanol–water partition coefficient (Wildman–Crippen LogP) is -0.332. The average Bonchev–Trinajstić information content (AvgIpc) is 2.80. The van der Waals surface area contributed by atoms with Gasteiger partial charge >= 0.3 is 11.9 Å². The van der Waals surface area contributed by atoms with Crippen LogP contribution >= 0.6 is 0 Å². The first kappa shape index (κ1) is 18.9. The Kier molecular flexibility index (Phi) is 8.73. The third-order valence-electron chi connectivity index (χ3n) is 2.68. The fourth-order valence-electron chi connectivity index (χ4n) is 1.38. The molecule has 0 aromatic carbocycles. The van der Waals surface area contributed by atoms with Crippen molar-refractivity contribution in [1.82, 2.24) is 9.80 Å². The highest BCUT2D eigenvalue weighted by molar-refractivity contribution is 6.27. The molecule has 1 heterocycles. The van der Waals surface area contributed by atoms with Crippen molar-refractivity contribution >= 4 is 17.8 Å². The molecule has 1 unspecified atom stereocenters. The number of hydrogen-bond donors (Lipinski definition) is 2. The molecule has 1 rings (SSSR count). The molecule has 1 atom stereocenters. The maximum absolute atomic E-state index is 12.8. The zero-order valence-electron chi connectivity index (χ0n) is 12.0. The van der Waals surface area contributed by atoms with E-state index in [0.717, 1.165) is 6.54 Å². The lowest BCUT2D eigenvalue weighted by Crippen LogP contribution is -2.24. The molecular weight excluding hydrogens is 283 g/mol. The number of likely N-dealkylation sites (tertiary alicyclic amines) is 1. The number of carbonyl (C=O) groups excluding carboxylic acids is 1. The fraction of sp³-hybridized carbons (Fsp3) is 0.615. The molecule has 0 saturated carbocycles. The monoisotopic (exact) mass is 302 g/mol. The second-order valence-electron chi connectivity index (χ2n) is 4.46. The van der Waals surface area contributed by atoms with Gasteiger partial charge in [-0.05, 0) is 6.42 Å². The summed E-state index contributed by atoms with van der Waals surface area (Å²) in [5.41, 5.74) is 0. The Balaban J connectivity index is 0.000000567. The molecular formula is C13H19FN2O5. The predicted molar refractivity (Wildman–Crippen MR) is 72.3 cm³/mol. The van der Waals surface area contributed by atoms with Crippen LogP contribution in [0.4, 0.5) is 4.39 Å². The molecule has 0 aliphatic carbocycles. The van der Waals surface area contributed by atoms with E-state index >= 15 is 0 Å². The third kappa shape index (κ3) is 9.40. The first-order chi connectivity index (χ1) is 9.73. The number of rotatable bonds is 2. The Morgan fingerprint density at radius 1 is 1.29 bits per heavy atom. The van der Waals surface area contributed by atoms with Crippen LogP contribution < -0.4 is 0 Å². The van der Waals surface area contributed by atoms with Gasteiger partial charge in [-0.25, -0.2) is 14.0 Å². The van der Waals surface area contributed by atoms with Crippen LogP contribution in [0.1, 0.15) is 13.3 Å². The first-order valence-corrected chi connectivity index (χ1v) is 6.24. The van der Waals surface area contributed by atoms with Gasteiger partial charge < -0.3 is 15.1 Å². The van der Waals surface area contributed by atoms with E-state index in [9.17, 15) is 9.18 Å². The summed E-state index contributed by atoms with van der Waals surface area (Å²) >= 11 is 0. The topological polar surface area (TPSA) is 98.2 Å². The first-order valence-electron chi connectivity index (χ1n) is 6.24. The van der Waals surface area contributed by atoms with E-state index in [2.05, 4.69) is 11.8 Å². The van der Waals surface area contributed by atoms with Crippen LogP contribution in [-0.2, 0) is 14.4 Å². The Morgan fingerprint density at radius 3 is 2.24 bits per heavy atom. The van der Waals surface area contributed by atoms with Crippen LogP contribution in [0.3, 0.4) is 0 Å². The minimum Gasteiger partial charge on any atom is -0.473 e. The number of hydrogen-bond acceptors (Lipinski definition) is 4. The normalized spacial score (nSPS) is 17.0. The lowest BCUT2D eigenvalue weighted by atomic mass is 10.3. The van der Waals surface area contributed by atoms with Gasteiger partial charge in [-0.3, -0.25) is 9.69 Å². The van der Waals surface area contributed by atoms with Crippen LogP contribution in [0, 0.1) is 11.8 Å². The molecule has 118 valence electrons. The van der Waals surface area contributed by atoms with Crippen molar-refractivity contribution in [2.24, 2.45) is 0 Å². The molecule has 0 radical (unpaired) electrons. The van der Waals surface area contributed by atoms with Crippen molar-refractivity contribution in [1.29, 1.82) is 0 Å². The van der Waals surface area contributed by atoms with Gasteiger partial charge in [0.1, 0.15) is 6.17 Å². The summed E-state index contributed by atoms with van der Waals surface area (Å²) in [6, 6.07) is 0. The van der Waals surface area contributed by atoms with E-state index in [4.69, 9.17) is 19.8 Å². The smallest absolute Gasteiger partial charge is 0.414 e. The van der Waals surface area contributed by atoms with Gasteiger partial charge in [0, 0.05) is 27.1 Å². The molecule has 0 aromatic rings. The summed E-state index contributed by atoms with van der Waals surface area (Å²) in [4.78, 5) is 32.6. The number of aliphatic carboxylic acids is 2. The highest BCUT2D eigenvalue weighted by Crippen LogP contribution is 2.10. The second kappa shape index (κ2) is 9.72. The zero-order valence-corrected chi connectivity index (χ0v) is 12.0. The molecule has 1 amide bonds. The second-order valence-corrected chi connectivity index (χ2v) is 4.46. The highest BCUT2D eigenvalue weighted by Gasteiger charge is 2.20. The quantitative estimate of drug-likeness (QED) is 0.535. The number of alkyl halides is 1. The van der Waals surface area contributed by atoms with Gasteiger partial charge in [-0.2, -0.15) is 0 Å². The van der Waals surface area contributed by atoms with Crippen LogP contribution in [0.15, 0.2) is 0 Å². The van der Waals surface area contributed by atoms with Crippen LogP contribution in [0.25, 0.3) is 0 Å². The average molecular weight is 302 g/mol. The molecule has 1 aliphatic rings. The highest BCUT2D eigenvalue weighted by atomic mass is 19.1. The summed E-state index contributed by atoms with van der Waals surface area (Å²) in [6.45, 7) is 3.85. The van der Waals surface area contributed by atoms with E-state index in [1.807, 2.05) is 4.90 Å². The molecule has 1 aliphatic heterocycles. The molecule has 1 fully saturated rings. The van der Waals surface area contributed by atoms with Gasteiger partial charge in [-0.1, -0.05) is 11.8 Å². The summed E-state index contributed by atoms with van der Waals surface area (Å²) in [6.07, 6.45) is -0.0682. The van der Waals surface area contributed by atoms with Crippen molar-refractivity contribution in [2.75, 3.05) is 33.2 Å². The van der Waals surface area contributed by atoms with Crippen molar-refractivity contribution in [2.45, 2.75) is 19.5 Å². The van der Waals surface area contributed by atoms with E-state index < -0.39 is 18.1 Å². The van der Waals surface area contributed by atoms with Gasteiger partial charge in [0.25, 0.3) is 0 Å². The van der Waals surface area contributed by atoms with Crippen molar-refractivity contribution in [3.05, 3.63) is 0 Å². The number of carbonyl (C=O) groups is 3. The van der Waals surface area contributed by atoms with Gasteiger partial charge in [-0.15, -0.1) is 0 Å². The number of nitrogens with zero attached hydrogens (tertiary/aromatic N) is 2. The third-order valence-corrected chi connectivity index (χ3v) is 2.68. The van der Waals surface area contributed by atoms with Gasteiger partial charge in [0.15, 0.2) is 0 Å². The fourth-order valence-corrected chi connectivity index (χ4v) is 1.38. The minimum atomic E-state index is -1.82. The van der Waals surface area contributed by atoms with Crippen LogP contribution in [0.2, 0.25) is 0 Å². The maximum Gasteiger partial charge on any atom is 0.414 e. The maximum atomic E-state index is 12.8. The Labute approximate surface area is 122 Å². The SMILES string of the molecule is CC(=O)N(C)CC#CCN1CCC(F)C1.O=C(O)C(=O)O. The van der Waals surface area contributed by atoms with E-state index in [-0.39, 0.29) is 5.91 Å². The largest absolute Gasteiger partial charge is 0.473 e. The molecule has 2 N–H and O–H groups in total. The van der Waals surface area contributed by atoms with E-state index in [1.54, 1.807) is 11.9 Å². The van der Waals surface area contributed by atoms with Crippen molar-refractivity contribution < 1.29 is 29.0 Å². The minimum absolute atomic E-state index is 0.00861. The van der Waals surface area contributed by atoms with Crippen LogP contribution in [-0.4, -0.2) is 77.3 Å². The molecule has 8 heteroatoms. The molecule has 0 aromatic heterocycles. The zero-order chi connectivity index (χ0) is 16.4. The van der Waals surface area contributed by atoms with Gasteiger partial charge in [0.2, 0.25) is 5.91 Å². The number of carboxylic acid groups (broad SMARTS) is 2. The summed E-state index contributed by atoms with van der Waals surface area (Å²) in [5, 5.41) is 14.8. The van der Waals surface area contributed by atoms with Crippen LogP contribution in [0.5, 0.6) is 0 Å². The Morgan fingerprint density at radius 2 is 1.86 bits per heavy atom. The number of amides is 1. The summed E-state index contributed by atoms with van der Waals surface area (Å²) < 4.78 is 12.8. The molecule has 21 heavy (non-hydrogen) atoms. The number of carboxylic acids is 2. The van der Waals surface area contributed by atoms with E-state index in [1.165, 1.54) is 6.92 Å². The number of halogens is 1. The summed E-state index contributed by atoms with van der Waals surface area (Å²) in [5.74, 6) is 2.21. The molecule has 7 nitrogen and oxygen atoms in total. The molecule has 0 spiro atoms. The lowest BCUT2D eigenvalue weighted by molar-refractivity contribution is -0.159. The van der Waals surface area contributed by atoms with E-state index in [0.29, 0.717) is 26.1 Å². The van der Waals surface area contributed by atoms with Crippen molar-refractivity contribution in [3.8, 4) is 11.8 Å². The molecule has 1 saturated heterocycles. The standard InChI is InChI=1S/C11H17FN2O.C2H2O4/c1-10(15)13(2)6-3-4-7-14-8-5-11(12)9-14;3-1(4)2(5)6/h11H,5-9H2,1-2H3;(H,3,4)(H,5,6). The Bertz CT molecular complexity index is 432. The summed E-state index contributed by atoms with van der Waals surface area (Å²) in [7, 11) is 1.71.